The number of fused-ring (bicyclic) bond motifs is 1. The molecule has 0 radical (unpaired) electrons. The first-order valence-corrected chi connectivity index (χ1v) is 10.2. The second-order valence-corrected chi connectivity index (χ2v) is 7.72. The maximum absolute atomic E-state index is 13.1. The number of carbonyl (C=O) groups is 2. The Kier molecular flexibility index (Phi) is 6.09. The Labute approximate surface area is 180 Å². The average molecular weight is 417 g/mol. The maximum atomic E-state index is 13.1. The molecule has 0 saturated heterocycles. The molecule has 0 fully saturated rings. The highest BCUT2D eigenvalue weighted by atomic mass is 19.1. The predicted molar refractivity (Wildman–Crippen MR) is 120 cm³/mol. The van der Waals surface area contributed by atoms with E-state index < -0.39 is 0 Å². The summed E-state index contributed by atoms with van der Waals surface area (Å²) in [6.07, 6.45) is 2.00. The third-order valence-electron chi connectivity index (χ3n) is 5.57. The van der Waals surface area contributed by atoms with Crippen LogP contribution in [0.2, 0.25) is 0 Å². The average Bonchev–Trinajstić information content (AvgIpc) is 3.20. The molecule has 1 aliphatic carbocycles. The minimum absolute atomic E-state index is 0.186. The third kappa shape index (κ3) is 4.81. The van der Waals surface area contributed by atoms with Gasteiger partial charge in [-0.2, -0.15) is 0 Å². The van der Waals surface area contributed by atoms with E-state index in [9.17, 15) is 14.0 Å². The van der Waals surface area contributed by atoms with Crippen LogP contribution < -0.4 is 10.6 Å². The summed E-state index contributed by atoms with van der Waals surface area (Å²) in [4.78, 5) is 27.5. The zero-order valence-electron chi connectivity index (χ0n) is 17.3. The van der Waals surface area contributed by atoms with Crippen molar-refractivity contribution in [2.45, 2.75) is 18.9 Å². The Balaban J connectivity index is 1.42. The number of para-hydroxylation sites is 1. The van der Waals surface area contributed by atoms with Gasteiger partial charge in [0.1, 0.15) is 5.82 Å². The van der Waals surface area contributed by atoms with Crippen LogP contribution in [0, 0.1) is 5.82 Å². The molecule has 2 N–H and O–H groups in total. The van der Waals surface area contributed by atoms with Crippen molar-refractivity contribution in [3.63, 3.8) is 0 Å². The number of carbonyl (C=O) groups excluding carboxylic acids is 2. The lowest BCUT2D eigenvalue weighted by molar-refractivity contribution is -0.117. The summed E-state index contributed by atoms with van der Waals surface area (Å²) in [7, 11) is 1.94. The van der Waals surface area contributed by atoms with Gasteiger partial charge < -0.3 is 10.6 Å². The minimum atomic E-state index is -0.375. The SMILES string of the molecule is CN(CC(=O)Nc1ccccc1C(=O)Nc1ccc(F)cc1)[C@H]1CCc2ccccc21. The van der Waals surface area contributed by atoms with E-state index in [2.05, 4.69) is 22.8 Å². The Hall–Kier alpha value is -3.51. The van der Waals surface area contributed by atoms with Crippen molar-refractivity contribution in [1.29, 1.82) is 0 Å². The number of halogens is 1. The van der Waals surface area contributed by atoms with Gasteiger partial charge in [0.15, 0.2) is 0 Å². The van der Waals surface area contributed by atoms with Gasteiger partial charge in [-0.15, -0.1) is 0 Å². The van der Waals surface area contributed by atoms with Crippen LogP contribution in [0.15, 0.2) is 72.8 Å². The van der Waals surface area contributed by atoms with E-state index in [-0.39, 0.29) is 30.2 Å². The molecule has 0 heterocycles. The lowest BCUT2D eigenvalue weighted by Crippen LogP contribution is -2.33. The molecule has 1 aliphatic rings. The second-order valence-electron chi connectivity index (χ2n) is 7.72. The number of rotatable bonds is 6. The summed E-state index contributed by atoms with van der Waals surface area (Å²) < 4.78 is 13.1. The van der Waals surface area contributed by atoms with Crippen molar-refractivity contribution in [2.24, 2.45) is 0 Å². The molecule has 31 heavy (non-hydrogen) atoms. The molecule has 1 atom stereocenters. The van der Waals surface area contributed by atoms with Crippen LogP contribution in [0.3, 0.4) is 0 Å². The van der Waals surface area contributed by atoms with Crippen LogP contribution in [0.5, 0.6) is 0 Å². The molecule has 0 bridgehead atoms. The fraction of sp³-hybridized carbons (Fsp3) is 0.200. The zero-order valence-corrected chi connectivity index (χ0v) is 17.3. The smallest absolute Gasteiger partial charge is 0.257 e. The second kappa shape index (κ2) is 9.10. The Bertz CT molecular complexity index is 1100. The molecular formula is C25H24FN3O2. The number of benzene rings is 3. The first-order valence-electron chi connectivity index (χ1n) is 10.2. The summed E-state index contributed by atoms with van der Waals surface area (Å²) in [6.45, 7) is 0.215. The van der Waals surface area contributed by atoms with Crippen molar-refractivity contribution in [1.82, 2.24) is 4.90 Å². The highest BCUT2D eigenvalue weighted by molar-refractivity contribution is 6.10. The highest BCUT2D eigenvalue weighted by Crippen LogP contribution is 2.34. The summed E-state index contributed by atoms with van der Waals surface area (Å²) in [5.74, 6) is -0.936. The largest absolute Gasteiger partial charge is 0.324 e. The fourth-order valence-corrected chi connectivity index (χ4v) is 4.04. The molecule has 2 amide bonds. The van der Waals surface area contributed by atoms with Gasteiger partial charge in [0.2, 0.25) is 5.91 Å². The topological polar surface area (TPSA) is 61.4 Å². The van der Waals surface area contributed by atoms with E-state index in [4.69, 9.17) is 0 Å². The monoisotopic (exact) mass is 417 g/mol. The number of amides is 2. The standard InChI is InChI=1S/C25H24FN3O2/c1-29(23-15-10-17-6-2-3-7-20(17)23)16-24(30)28-22-9-5-4-8-21(22)25(31)27-19-13-11-18(26)12-14-19/h2-9,11-14,23H,10,15-16H2,1H3,(H,27,31)(H,28,30)/t23-/m0/s1. The van der Waals surface area contributed by atoms with Crippen LogP contribution in [0.1, 0.15) is 33.9 Å². The predicted octanol–water partition coefficient (Wildman–Crippen LogP) is 4.64. The number of hydrogen-bond donors (Lipinski definition) is 2. The van der Waals surface area contributed by atoms with E-state index >= 15 is 0 Å². The molecule has 4 rings (SSSR count). The summed E-state index contributed by atoms with van der Waals surface area (Å²) in [5.41, 5.74) is 3.87. The van der Waals surface area contributed by atoms with Gasteiger partial charge in [0, 0.05) is 11.7 Å². The van der Waals surface area contributed by atoms with Crippen LogP contribution in [-0.2, 0) is 11.2 Å². The molecule has 5 nitrogen and oxygen atoms in total. The van der Waals surface area contributed by atoms with E-state index in [0.29, 0.717) is 16.9 Å². The zero-order chi connectivity index (χ0) is 21.8. The molecular weight excluding hydrogens is 393 g/mol. The van der Waals surface area contributed by atoms with Gasteiger partial charge in [-0.3, -0.25) is 14.5 Å². The molecule has 6 heteroatoms. The van der Waals surface area contributed by atoms with E-state index in [1.165, 1.54) is 35.4 Å². The normalized spacial score (nSPS) is 14.9. The first-order chi connectivity index (χ1) is 15.0. The third-order valence-corrected chi connectivity index (χ3v) is 5.57. The summed E-state index contributed by atoms with van der Waals surface area (Å²) in [5, 5.41) is 5.59. The van der Waals surface area contributed by atoms with E-state index in [1.54, 1.807) is 24.3 Å². The van der Waals surface area contributed by atoms with Gasteiger partial charge in [-0.25, -0.2) is 4.39 Å². The lowest BCUT2D eigenvalue weighted by Gasteiger charge is -2.24. The van der Waals surface area contributed by atoms with Gasteiger partial charge in [-0.05, 0) is 67.4 Å². The number of anilines is 2. The van der Waals surface area contributed by atoms with Gasteiger partial charge in [0.25, 0.3) is 5.91 Å². The molecule has 0 spiro atoms. The maximum Gasteiger partial charge on any atom is 0.257 e. The lowest BCUT2D eigenvalue weighted by atomic mass is 10.1. The summed E-state index contributed by atoms with van der Waals surface area (Å²) in [6, 6.07) is 20.9. The van der Waals surface area contributed by atoms with E-state index in [0.717, 1.165) is 12.8 Å². The Morgan fingerprint density at radius 2 is 1.68 bits per heavy atom. The number of nitrogens with zero attached hydrogens (tertiary/aromatic N) is 1. The fourth-order valence-electron chi connectivity index (χ4n) is 4.04. The number of hydrogen-bond acceptors (Lipinski definition) is 3. The molecule has 3 aromatic rings. The van der Waals surface area contributed by atoms with Gasteiger partial charge in [-0.1, -0.05) is 36.4 Å². The van der Waals surface area contributed by atoms with Crippen molar-refractivity contribution >= 4 is 23.2 Å². The molecule has 158 valence electrons. The molecule has 0 aliphatic heterocycles. The number of aryl methyl sites for hydroxylation is 1. The van der Waals surface area contributed by atoms with Crippen LogP contribution >= 0.6 is 0 Å². The Morgan fingerprint density at radius 3 is 2.48 bits per heavy atom. The molecule has 3 aromatic carbocycles. The Morgan fingerprint density at radius 1 is 0.968 bits per heavy atom. The van der Waals surface area contributed by atoms with Crippen molar-refractivity contribution in [3.8, 4) is 0 Å². The van der Waals surface area contributed by atoms with Gasteiger partial charge in [0.05, 0.1) is 17.8 Å². The number of nitrogens with one attached hydrogen (secondary N) is 2. The van der Waals surface area contributed by atoms with Crippen molar-refractivity contribution in [2.75, 3.05) is 24.2 Å². The quantitative estimate of drug-likeness (QED) is 0.614. The minimum Gasteiger partial charge on any atom is -0.324 e. The van der Waals surface area contributed by atoms with Crippen LogP contribution in [0.25, 0.3) is 0 Å². The van der Waals surface area contributed by atoms with Crippen LogP contribution in [0.4, 0.5) is 15.8 Å². The van der Waals surface area contributed by atoms with Gasteiger partial charge >= 0.3 is 0 Å². The highest BCUT2D eigenvalue weighted by Gasteiger charge is 2.26. The van der Waals surface area contributed by atoms with Crippen molar-refractivity contribution in [3.05, 3.63) is 95.3 Å². The van der Waals surface area contributed by atoms with E-state index in [1.807, 2.05) is 24.1 Å². The molecule has 0 aromatic heterocycles. The number of likely N-dealkylation sites (N-methyl/N-ethyl adjacent to an activating group) is 1. The molecule has 0 saturated carbocycles. The van der Waals surface area contributed by atoms with Crippen molar-refractivity contribution < 1.29 is 14.0 Å². The van der Waals surface area contributed by atoms with Crippen LogP contribution in [-0.4, -0.2) is 30.3 Å². The first kappa shape index (κ1) is 20.8. The molecule has 0 unspecified atom stereocenters. The summed E-state index contributed by atoms with van der Waals surface area (Å²) >= 11 is 0.